The van der Waals surface area contributed by atoms with Crippen molar-refractivity contribution in [3.05, 3.63) is 65.0 Å². The Kier molecular flexibility index (Phi) is 5.95. The maximum Gasteiger partial charge on any atom is 0.573 e. The minimum absolute atomic E-state index is 0.0314. The van der Waals surface area contributed by atoms with Crippen LogP contribution in [0.1, 0.15) is 26.5 Å². The third kappa shape index (κ3) is 4.88. The van der Waals surface area contributed by atoms with Gasteiger partial charge in [-0.3, -0.25) is 9.59 Å². The second-order valence-corrected chi connectivity index (χ2v) is 9.62. The van der Waals surface area contributed by atoms with Crippen LogP contribution in [0.3, 0.4) is 0 Å². The lowest BCUT2D eigenvalue weighted by molar-refractivity contribution is -0.274. The predicted octanol–water partition coefficient (Wildman–Crippen LogP) is 4.13. The first-order chi connectivity index (χ1) is 16.2. The van der Waals surface area contributed by atoms with Crippen molar-refractivity contribution in [3.63, 3.8) is 0 Å². The molecule has 6 nitrogen and oxygen atoms in total. The minimum atomic E-state index is -4.76. The highest BCUT2D eigenvalue weighted by Gasteiger charge is 2.36. The fourth-order valence-corrected chi connectivity index (χ4v) is 5.42. The summed E-state index contributed by atoms with van der Waals surface area (Å²) in [6.45, 7) is 2.44. The van der Waals surface area contributed by atoms with E-state index in [2.05, 4.69) is 10.1 Å². The number of fused-ring (bicyclic) bond motifs is 1. The van der Waals surface area contributed by atoms with Gasteiger partial charge in [-0.2, -0.15) is 0 Å². The van der Waals surface area contributed by atoms with Crippen molar-refractivity contribution < 1.29 is 27.5 Å². The molecule has 10 heteroatoms. The molecule has 0 aliphatic carbocycles. The van der Waals surface area contributed by atoms with E-state index >= 15 is 0 Å². The number of hydrogen-bond acceptors (Lipinski definition) is 5. The number of nitrogens with one attached hydrogen (secondary N) is 1. The van der Waals surface area contributed by atoms with E-state index in [1.807, 2.05) is 35.2 Å². The van der Waals surface area contributed by atoms with Gasteiger partial charge < -0.3 is 19.9 Å². The number of amides is 2. The van der Waals surface area contributed by atoms with Gasteiger partial charge in [0, 0.05) is 48.5 Å². The van der Waals surface area contributed by atoms with E-state index in [4.69, 9.17) is 0 Å². The molecule has 1 aromatic heterocycles. The van der Waals surface area contributed by atoms with Gasteiger partial charge in [0.25, 0.3) is 11.8 Å². The van der Waals surface area contributed by atoms with Crippen LogP contribution < -0.4 is 10.1 Å². The molecule has 0 bridgehead atoms. The number of alkyl halides is 3. The zero-order valence-electron chi connectivity index (χ0n) is 18.0. The Hall–Kier alpha value is -3.11. The first kappa shape index (κ1) is 22.7. The number of ether oxygens (including phenoxy) is 1. The Balaban J connectivity index is 1.13. The lowest BCUT2D eigenvalue weighted by Gasteiger charge is -2.40. The quantitative estimate of drug-likeness (QED) is 0.586. The first-order valence-corrected chi connectivity index (χ1v) is 11.8. The van der Waals surface area contributed by atoms with Crippen LogP contribution in [0.2, 0.25) is 0 Å². The molecule has 0 radical (unpaired) electrons. The summed E-state index contributed by atoms with van der Waals surface area (Å²) < 4.78 is 42.0. The van der Waals surface area contributed by atoms with Crippen molar-refractivity contribution in [1.29, 1.82) is 0 Å². The SMILES string of the molecule is O=C(c1ccccc1)N1CC[C@H](NC2CN(C(=O)c3cc4cc(OC(F)(F)F)ccc4s3)C2)C1. The molecule has 2 aromatic carbocycles. The summed E-state index contributed by atoms with van der Waals surface area (Å²) in [5.74, 6) is -0.407. The number of halogens is 3. The summed E-state index contributed by atoms with van der Waals surface area (Å²) >= 11 is 1.25. The lowest BCUT2D eigenvalue weighted by Crippen LogP contribution is -2.61. The van der Waals surface area contributed by atoms with Crippen molar-refractivity contribution >= 4 is 33.2 Å². The van der Waals surface area contributed by atoms with E-state index in [1.165, 1.54) is 29.5 Å². The molecule has 1 N–H and O–H groups in total. The number of benzene rings is 2. The second-order valence-electron chi connectivity index (χ2n) is 8.53. The Bertz CT molecular complexity index is 1210. The van der Waals surface area contributed by atoms with Gasteiger partial charge in [0.1, 0.15) is 5.75 Å². The molecular weight excluding hydrogens is 467 g/mol. The molecule has 0 saturated carbocycles. The maximum absolute atomic E-state index is 12.8. The molecule has 3 aromatic rings. The Labute approximate surface area is 197 Å². The van der Waals surface area contributed by atoms with Gasteiger partial charge in [-0.15, -0.1) is 24.5 Å². The van der Waals surface area contributed by atoms with Crippen molar-refractivity contribution in [2.45, 2.75) is 24.9 Å². The van der Waals surface area contributed by atoms with E-state index in [0.717, 1.165) is 11.1 Å². The standard InChI is InChI=1S/C24H22F3N3O3S/c25-24(26,27)33-19-6-7-20-16(10-19)11-21(34-20)23(32)30-13-18(14-30)28-17-8-9-29(12-17)22(31)15-4-2-1-3-5-15/h1-7,10-11,17-18,28H,8-9,12-14H2/t17-/m0/s1. The van der Waals surface area contributed by atoms with Gasteiger partial charge in [-0.25, -0.2) is 0 Å². The van der Waals surface area contributed by atoms with Crippen LogP contribution in [-0.2, 0) is 0 Å². The fraction of sp³-hybridized carbons (Fsp3) is 0.333. The Morgan fingerprint density at radius 3 is 2.41 bits per heavy atom. The summed E-state index contributed by atoms with van der Waals surface area (Å²) in [5, 5.41) is 4.08. The molecule has 2 aliphatic heterocycles. The van der Waals surface area contributed by atoms with Crippen molar-refractivity contribution in [2.75, 3.05) is 26.2 Å². The number of carbonyl (C=O) groups is 2. The molecule has 34 heavy (non-hydrogen) atoms. The van der Waals surface area contributed by atoms with Gasteiger partial charge in [-0.1, -0.05) is 18.2 Å². The first-order valence-electron chi connectivity index (χ1n) is 10.9. The van der Waals surface area contributed by atoms with Crippen molar-refractivity contribution in [1.82, 2.24) is 15.1 Å². The maximum atomic E-state index is 12.8. The molecule has 1 atom stereocenters. The zero-order valence-corrected chi connectivity index (χ0v) is 18.9. The van der Waals surface area contributed by atoms with Crippen LogP contribution in [0, 0.1) is 0 Å². The van der Waals surface area contributed by atoms with Crippen LogP contribution in [-0.4, -0.2) is 66.2 Å². The van der Waals surface area contributed by atoms with E-state index in [9.17, 15) is 22.8 Å². The van der Waals surface area contributed by atoms with Crippen LogP contribution in [0.4, 0.5) is 13.2 Å². The topological polar surface area (TPSA) is 61.9 Å². The van der Waals surface area contributed by atoms with Crippen molar-refractivity contribution in [2.24, 2.45) is 0 Å². The molecule has 178 valence electrons. The van der Waals surface area contributed by atoms with Crippen LogP contribution in [0.15, 0.2) is 54.6 Å². The van der Waals surface area contributed by atoms with Gasteiger partial charge in [-0.05, 0) is 48.2 Å². The van der Waals surface area contributed by atoms with E-state index in [0.29, 0.717) is 42.0 Å². The van der Waals surface area contributed by atoms with Gasteiger partial charge >= 0.3 is 6.36 Å². The third-order valence-electron chi connectivity index (χ3n) is 6.07. The number of thiophene rings is 1. The molecule has 2 aliphatic rings. The predicted molar refractivity (Wildman–Crippen MR) is 122 cm³/mol. The van der Waals surface area contributed by atoms with E-state index in [-0.39, 0.29) is 29.6 Å². The van der Waals surface area contributed by atoms with Gasteiger partial charge in [0.15, 0.2) is 0 Å². The van der Waals surface area contributed by atoms with Crippen molar-refractivity contribution in [3.8, 4) is 5.75 Å². The molecule has 2 saturated heterocycles. The molecule has 2 fully saturated rings. The third-order valence-corrected chi connectivity index (χ3v) is 7.17. The zero-order chi connectivity index (χ0) is 23.9. The van der Waals surface area contributed by atoms with Gasteiger partial charge in [0.05, 0.1) is 4.88 Å². The minimum Gasteiger partial charge on any atom is -0.406 e. The highest BCUT2D eigenvalue weighted by molar-refractivity contribution is 7.20. The Morgan fingerprint density at radius 2 is 1.68 bits per heavy atom. The number of rotatable bonds is 5. The summed E-state index contributed by atoms with van der Waals surface area (Å²) in [6.07, 6.45) is -3.89. The average Bonchev–Trinajstić information content (AvgIpc) is 3.41. The molecular formula is C24H22F3N3O3S. The lowest BCUT2D eigenvalue weighted by atomic mass is 10.1. The summed E-state index contributed by atoms with van der Waals surface area (Å²) in [5.41, 5.74) is 0.684. The van der Waals surface area contributed by atoms with Crippen LogP contribution >= 0.6 is 11.3 Å². The number of carbonyl (C=O) groups excluding carboxylic acids is 2. The normalized spacial score (nSPS) is 18.9. The molecule has 0 unspecified atom stereocenters. The number of likely N-dealkylation sites (tertiary alicyclic amines) is 2. The number of hydrogen-bond donors (Lipinski definition) is 1. The Morgan fingerprint density at radius 1 is 0.941 bits per heavy atom. The highest BCUT2D eigenvalue weighted by Crippen LogP contribution is 2.32. The largest absolute Gasteiger partial charge is 0.573 e. The molecule has 5 rings (SSSR count). The van der Waals surface area contributed by atoms with Crippen LogP contribution in [0.5, 0.6) is 5.75 Å². The summed E-state index contributed by atoms with van der Waals surface area (Å²) in [6, 6.07) is 15.2. The monoisotopic (exact) mass is 489 g/mol. The summed E-state index contributed by atoms with van der Waals surface area (Å²) in [4.78, 5) is 29.5. The molecule has 3 heterocycles. The van der Waals surface area contributed by atoms with E-state index in [1.54, 1.807) is 11.0 Å². The second kappa shape index (κ2) is 8.92. The summed E-state index contributed by atoms with van der Waals surface area (Å²) in [7, 11) is 0. The smallest absolute Gasteiger partial charge is 0.406 e. The average molecular weight is 490 g/mol. The number of nitrogens with zero attached hydrogens (tertiary/aromatic N) is 2. The molecule has 2 amide bonds. The van der Waals surface area contributed by atoms with Gasteiger partial charge in [0.2, 0.25) is 0 Å². The highest BCUT2D eigenvalue weighted by atomic mass is 32.1. The van der Waals surface area contributed by atoms with Crippen LogP contribution in [0.25, 0.3) is 10.1 Å². The van der Waals surface area contributed by atoms with E-state index < -0.39 is 6.36 Å². The molecule has 0 spiro atoms. The fourth-order valence-electron chi connectivity index (χ4n) is 4.41.